The first-order valence-electron chi connectivity index (χ1n) is 4.62. The highest BCUT2D eigenvalue weighted by atomic mass is 16.5. The lowest BCUT2D eigenvalue weighted by Gasteiger charge is -2.34. The second-order valence-corrected chi connectivity index (χ2v) is 3.48. The number of hydrogen-bond donors (Lipinski definition) is 0. The van der Waals surface area contributed by atoms with Gasteiger partial charge in [-0.25, -0.2) is 0 Å². The quantitative estimate of drug-likeness (QED) is 0.554. The molecule has 0 N–H and O–H groups in total. The predicted octanol–water partition coefficient (Wildman–Crippen LogP) is -0.678. The van der Waals surface area contributed by atoms with Crippen LogP contribution in [0.3, 0.4) is 0 Å². The zero-order valence-corrected chi connectivity index (χ0v) is 8.82. The van der Waals surface area contributed by atoms with Crippen LogP contribution in [0.15, 0.2) is 0 Å². The summed E-state index contributed by atoms with van der Waals surface area (Å²) >= 11 is 0. The van der Waals surface area contributed by atoms with Gasteiger partial charge in [-0.1, -0.05) is 0 Å². The number of carbonyl (C=O) groups excluding carboxylic acids is 2. The molecule has 0 spiro atoms. The third-order valence-corrected chi connectivity index (χ3v) is 2.58. The summed E-state index contributed by atoms with van der Waals surface area (Å²) < 4.78 is 4.62. The van der Waals surface area contributed by atoms with Crippen molar-refractivity contribution in [1.29, 1.82) is 0 Å². The van der Waals surface area contributed by atoms with Crippen LogP contribution in [-0.4, -0.2) is 61.5 Å². The Morgan fingerprint density at radius 3 is 2.64 bits per heavy atom. The molecule has 0 bridgehead atoms. The van der Waals surface area contributed by atoms with E-state index in [-0.39, 0.29) is 17.9 Å². The Morgan fingerprint density at radius 1 is 1.50 bits per heavy atom. The summed E-state index contributed by atoms with van der Waals surface area (Å²) in [6.45, 7) is 3.44. The van der Waals surface area contributed by atoms with E-state index in [0.717, 1.165) is 6.54 Å². The highest BCUT2D eigenvalue weighted by Gasteiger charge is 2.28. The summed E-state index contributed by atoms with van der Waals surface area (Å²) in [5.41, 5.74) is 0. The molecule has 1 aliphatic rings. The van der Waals surface area contributed by atoms with E-state index >= 15 is 0 Å². The Bertz CT molecular complexity index is 240. The molecule has 1 heterocycles. The molecule has 1 saturated heterocycles. The van der Waals surface area contributed by atoms with Crippen molar-refractivity contribution in [2.75, 3.05) is 33.8 Å². The Hall–Kier alpha value is -1.10. The normalized spacial score (nSPS) is 20.8. The molecule has 1 fully saturated rings. The van der Waals surface area contributed by atoms with E-state index in [1.165, 1.54) is 7.11 Å². The maximum absolute atomic E-state index is 11.4. The van der Waals surface area contributed by atoms with E-state index in [0.29, 0.717) is 13.1 Å². The standard InChI is InChI=1S/C9H16N2O3/c1-7(9(13)14-3)11-5-4-10(2)8(12)6-11/h7H,4-6H2,1-3H3. The van der Waals surface area contributed by atoms with Crippen LogP contribution >= 0.6 is 0 Å². The van der Waals surface area contributed by atoms with Gasteiger partial charge in [0, 0.05) is 20.1 Å². The van der Waals surface area contributed by atoms with Crippen LogP contribution in [0.2, 0.25) is 0 Å². The van der Waals surface area contributed by atoms with E-state index in [2.05, 4.69) is 4.74 Å². The Balaban J connectivity index is 2.54. The summed E-state index contributed by atoms with van der Waals surface area (Å²) in [5.74, 6) is -0.241. The van der Waals surface area contributed by atoms with Crippen LogP contribution < -0.4 is 0 Å². The molecule has 1 unspecified atom stereocenters. The summed E-state index contributed by atoms with van der Waals surface area (Å²) in [6, 6.07) is -0.336. The van der Waals surface area contributed by atoms with Crippen molar-refractivity contribution < 1.29 is 14.3 Å². The molecule has 0 aromatic heterocycles. The fourth-order valence-corrected chi connectivity index (χ4v) is 1.43. The van der Waals surface area contributed by atoms with Gasteiger partial charge in [-0.2, -0.15) is 0 Å². The lowest BCUT2D eigenvalue weighted by Crippen LogP contribution is -2.53. The molecule has 1 amide bonds. The van der Waals surface area contributed by atoms with Gasteiger partial charge in [-0.3, -0.25) is 14.5 Å². The van der Waals surface area contributed by atoms with Crippen molar-refractivity contribution in [2.24, 2.45) is 0 Å². The largest absolute Gasteiger partial charge is 0.468 e. The monoisotopic (exact) mass is 200 g/mol. The summed E-state index contributed by atoms with van der Waals surface area (Å²) in [7, 11) is 3.12. The van der Waals surface area contributed by atoms with Crippen LogP contribution in [0.25, 0.3) is 0 Å². The van der Waals surface area contributed by atoms with Crippen molar-refractivity contribution >= 4 is 11.9 Å². The highest BCUT2D eigenvalue weighted by molar-refractivity contribution is 5.81. The lowest BCUT2D eigenvalue weighted by atomic mass is 10.2. The molecule has 5 nitrogen and oxygen atoms in total. The van der Waals surface area contributed by atoms with Gasteiger partial charge in [0.2, 0.25) is 5.91 Å². The number of likely N-dealkylation sites (N-methyl/N-ethyl adjacent to an activating group) is 1. The number of hydrogen-bond acceptors (Lipinski definition) is 4. The minimum Gasteiger partial charge on any atom is -0.468 e. The van der Waals surface area contributed by atoms with Gasteiger partial charge in [-0.15, -0.1) is 0 Å². The molecule has 0 radical (unpaired) electrons. The number of rotatable bonds is 2. The van der Waals surface area contributed by atoms with Crippen molar-refractivity contribution in [3.8, 4) is 0 Å². The zero-order valence-electron chi connectivity index (χ0n) is 8.82. The molecule has 80 valence electrons. The number of ether oxygens (including phenoxy) is 1. The van der Waals surface area contributed by atoms with Crippen LogP contribution in [0, 0.1) is 0 Å². The van der Waals surface area contributed by atoms with Crippen molar-refractivity contribution in [3.05, 3.63) is 0 Å². The van der Waals surface area contributed by atoms with Gasteiger partial charge in [0.15, 0.2) is 0 Å². The minimum atomic E-state index is -0.336. The van der Waals surface area contributed by atoms with E-state index in [1.54, 1.807) is 18.9 Å². The van der Waals surface area contributed by atoms with Gasteiger partial charge < -0.3 is 9.64 Å². The highest BCUT2D eigenvalue weighted by Crippen LogP contribution is 2.06. The molecule has 14 heavy (non-hydrogen) atoms. The van der Waals surface area contributed by atoms with E-state index in [1.807, 2.05) is 4.90 Å². The molecule has 1 rings (SSSR count). The molecule has 1 atom stereocenters. The maximum atomic E-state index is 11.4. The van der Waals surface area contributed by atoms with E-state index in [9.17, 15) is 9.59 Å². The summed E-state index contributed by atoms with van der Waals surface area (Å²) in [5, 5.41) is 0. The number of amides is 1. The van der Waals surface area contributed by atoms with Crippen LogP contribution in [0.1, 0.15) is 6.92 Å². The average Bonchev–Trinajstić information content (AvgIpc) is 2.20. The van der Waals surface area contributed by atoms with Crippen molar-refractivity contribution in [1.82, 2.24) is 9.80 Å². The molecular formula is C9H16N2O3. The molecule has 0 aromatic rings. The minimum absolute atomic E-state index is 0.0482. The first-order chi connectivity index (χ1) is 6.56. The van der Waals surface area contributed by atoms with Crippen LogP contribution in [-0.2, 0) is 14.3 Å². The SMILES string of the molecule is COC(=O)C(C)N1CCN(C)C(=O)C1. The van der Waals surface area contributed by atoms with Gasteiger partial charge in [-0.05, 0) is 6.92 Å². The Morgan fingerprint density at radius 2 is 2.14 bits per heavy atom. The number of esters is 1. The Labute approximate surface area is 83.6 Å². The van der Waals surface area contributed by atoms with Gasteiger partial charge in [0.25, 0.3) is 0 Å². The number of methoxy groups -OCH3 is 1. The molecule has 5 heteroatoms. The van der Waals surface area contributed by atoms with Crippen molar-refractivity contribution in [3.63, 3.8) is 0 Å². The molecule has 0 aliphatic carbocycles. The fourth-order valence-electron chi connectivity index (χ4n) is 1.43. The topological polar surface area (TPSA) is 49.9 Å². The summed E-state index contributed by atoms with van der Waals surface area (Å²) in [6.07, 6.45) is 0. The summed E-state index contributed by atoms with van der Waals surface area (Å²) in [4.78, 5) is 26.1. The number of carbonyl (C=O) groups is 2. The predicted molar refractivity (Wildman–Crippen MR) is 50.7 cm³/mol. The number of piperazine rings is 1. The fraction of sp³-hybridized carbons (Fsp3) is 0.778. The van der Waals surface area contributed by atoms with E-state index in [4.69, 9.17) is 0 Å². The molecule has 0 aromatic carbocycles. The van der Waals surface area contributed by atoms with Crippen LogP contribution in [0.4, 0.5) is 0 Å². The first kappa shape index (κ1) is 11.0. The smallest absolute Gasteiger partial charge is 0.322 e. The third kappa shape index (κ3) is 2.23. The second kappa shape index (κ2) is 4.41. The maximum Gasteiger partial charge on any atom is 0.322 e. The lowest BCUT2D eigenvalue weighted by molar-refractivity contribution is -0.149. The van der Waals surface area contributed by atoms with E-state index < -0.39 is 0 Å². The Kier molecular flexibility index (Phi) is 3.46. The number of nitrogens with zero attached hydrogens (tertiary/aromatic N) is 2. The first-order valence-corrected chi connectivity index (χ1v) is 4.62. The van der Waals surface area contributed by atoms with Gasteiger partial charge in [0.1, 0.15) is 6.04 Å². The average molecular weight is 200 g/mol. The second-order valence-electron chi connectivity index (χ2n) is 3.48. The van der Waals surface area contributed by atoms with Gasteiger partial charge in [0.05, 0.1) is 13.7 Å². The molecule has 0 saturated carbocycles. The third-order valence-electron chi connectivity index (χ3n) is 2.58. The van der Waals surface area contributed by atoms with Gasteiger partial charge >= 0.3 is 5.97 Å². The zero-order chi connectivity index (χ0) is 10.7. The van der Waals surface area contributed by atoms with Crippen LogP contribution in [0.5, 0.6) is 0 Å². The molecule has 1 aliphatic heterocycles. The van der Waals surface area contributed by atoms with Crippen molar-refractivity contribution in [2.45, 2.75) is 13.0 Å². The molecular weight excluding hydrogens is 184 g/mol.